The summed E-state index contributed by atoms with van der Waals surface area (Å²) in [6.07, 6.45) is -4.81. The monoisotopic (exact) mass is 251 g/mol. The molecule has 0 atom stereocenters. The maximum Gasteiger partial charge on any atom is 0.573 e. The fraction of sp³-hybridized carbons (Fsp3) is 0.333. The fourth-order valence-corrected chi connectivity index (χ4v) is 1.18. The number of rotatable bonds is 3. The first kappa shape index (κ1) is 13.1. The van der Waals surface area contributed by atoms with Gasteiger partial charge >= 0.3 is 12.3 Å². The maximum absolute atomic E-state index is 12.0. The van der Waals surface area contributed by atoms with Crippen molar-refractivity contribution in [3.05, 3.63) is 17.5 Å². The first-order valence-corrected chi connectivity index (χ1v) is 4.35. The minimum atomic E-state index is -4.97. The van der Waals surface area contributed by atoms with E-state index in [1.807, 2.05) is 0 Å². The molecule has 1 rings (SSSR count). The van der Waals surface area contributed by atoms with E-state index in [4.69, 9.17) is 5.11 Å². The molecule has 0 spiro atoms. The molecule has 1 heterocycles. The third-order valence-electron chi connectivity index (χ3n) is 1.89. The number of halogens is 3. The zero-order valence-corrected chi connectivity index (χ0v) is 8.58. The van der Waals surface area contributed by atoms with Crippen LogP contribution >= 0.6 is 0 Å². The number of hydrogen-bond donors (Lipinski definition) is 2. The number of pyridine rings is 1. The van der Waals surface area contributed by atoms with Crippen molar-refractivity contribution in [3.8, 4) is 11.5 Å². The Balaban J connectivity index is 3.15. The number of nitrogens with zero attached hydrogens (tertiary/aromatic N) is 1. The average Bonchev–Trinajstić information content (AvgIpc) is 2.15. The van der Waals surface area contributed by atoms with E-state index in [0.717, 1.165) is 0 Å². The molecule has 0 unspecified atom stereocenters. The summed E-state index contributed by atoms with van der Waals surface area (Å²) >= 11 is 0. The lowest BCUT2D eigenvalue weighted by atomic mass is 10.1. The van der Waals surface area contributed by atoms with Crippen LogP contribution in [0, 0.1) is 6.92 Å². The lowest BCUT2D eigenvalue weighted by Gasteiger charge is -2.14. The second-order valence-corrected chi connectivity index (χ2v) is 3.16. The number of carbonyl (C=O) groups is 1. The van der Waals surface area contributed by atoms with Gasteiger partial charge in [-0.25, -0.2) is 0 Å². The number of alkyl halides is 3. The molecule has 0 bridgehead atoms. The molecule has 1 aromatic rings. The summed E-state index contributed by atoms with van der Waals surface area (Å²) in [5.74, 6) is -2.87. The van der Waals surface area contributed by atoms with Crippen molar-refractivity contribution in [3.63, 3.8) is 0 Å². The van der Waals surface area contributed by atoms with E-state index in [0.29, 0.717) is 6.20 Å². The lowest BCUT2D eigenvalue weighted by molar-refractivity contribution is -0.275. The Morgan fingerprint density at radius 3 is 2.59 bits per heavy atom. The summed E-state index contributed by atoms with van der Waals surface area (Å²) in [5, 5.41) is 17.7. The molecule has 0 aliphatic carbocycles. The highest BCUT2D eigenvalue weighted by Gasteiger charge is 2.33. The second kappa shape index (κ2) is 4.48. The van der Waals surface area contributed by atoms with Gasteiger partial charge in [0.15, 0.2) is 11.5 Å². The second-order valence-electron chi connectivity index (χ2n) is 3.16. The first-order valence-electron chi connectivity index (χ1n) is 4.35. The van der Waals surface area contributed by atoms with E-state index in [1.165, 1.54) is 6.92 Å². The van der Waals surface area contributed by atoms with E-state index in [9.17, 15) is 23.1 Å². The van der Waals surface area contributed by atoms with Gasteiger partial charge in [0.1, 0.15) is 0 Å². The van der Waals surface area contributed by atoms with Gasteiger partial charge in [-0.1, -0.05) is 0 Å². The minimum Gasteiger partial charge on any atom is -0.503 e. The van der Waals surface area contributed by atoms with Crippen LogP contribution in [0.3, 0.4) is 0 Å². The molecule has 94 valence electrons. The summed E-state index contributed by atoms with van der Waals surface area (Å²) in [4.78, 5) is 14.0. The molecule has 17 heavy (non-hydrogen) atoms. The van der Waals surface area contributed by atoms with Crippen molar-refractivity contribution in [1.29, 1.82) is 0 Å². The van der Waals surface area contributed by atoms with Crippen molar-refractivity contribution in [2.75, 3.05) is 0 Å². The fourth-order valence-electron chi connectivity index (χ4n) is 1.18. The number of carboxylic acids is 1. The number of aromatic hydroxyl groups is 1. The molecule has 0 aromatic carbocycles. The Morgan fingerprint density at radius 1 is 1.53 bits per heavy atom. The summed E-state index contributed by atoms with van der Waals surface area (Å²) in [6.45, 7) is 1.19. The van der Waals surface area contributed by atoms with Crippen LogP contribution in [0.5, 0.6) is 11.5 Å². The molecule has 0 aliphatic heterocycles. The van der Waals surface area contributed by atoms with Gasteiger partial charge in [-0.05, 0) is 6.92 Å². The highest BCUT2D eigenvalue weighted by atomic mass is 19.4. The van der Waals surface area contributed by atoms with E-state index in [1.54, 1.807) is 0 Å². The zero-order chi connectivity index (χ0) is 13.2. The Morgan fingerprint density at radius 2 is 2.12 bits per heavy atom. The topological polar surface area (TPSA) is 79.7 Å². The molecule has 2 N–H and O–H groups in total. The summed E-state index contributed by atoms with van der Waals surface area (Å²) in [6, 6.07) is 0. The average molecular weight is 251 g/mol. The lowest BCUT2D eigenvalue weighted by Crippen LogP contribution is -2.18. The Kier molecular flexibility index (Phi) is 3.45. The molecule has 1 aromatic heterocycles. The smallest absolute Gasteiger partial charge is 0.503 e. The first-order chi connectivity index (χ1) is 7.70. The number of carboxylic acid groups (broad SMARTS) is 1. The van der Waals surface area contributed by atoms with Crippen LogP contribution in [0.2, 0.25) is 0 Å². The van der Waals surface area contributed by atoms with E-state index in [2.05, 4.69) is 9.72 Å². The third-order valence-corrected chi connectivity index (χ3v) is 1.89. The van der Waals surface area contributed by atoms with Gasteiger partial charge in [0.05, 0.1) is 18.3 Å². The number of aromatic nitrogens is 1. The predicted octanol–water partition coefficient (Wildman–Crippen LogP) is 1.62. The summed E-state index contributed by atoms with van der Waals surface area (Å²) in [7, 11) is 0. The van der Waals surface area contributed by atoms with Gasteiger partial charge in [-0.15, -0.1) is 13.2 Å². The molecular formula is C9H8F3NO4. The van der Waals surface area contributed by atoms with Crippen molar-refractivity contribution >= 4 is 5.97 Å². The molecule has 0 aliphatic rings. The normalized spacial score (nSPS) is 11.3. The maximum atomic E-state index is 12.0. The Hall–Kier alpha value is -1.99. The highest BCUT2D eigenvalue weighted by Crippen LogP contribution is 2.35. The third kappa shape index (κ3) is 3.51. The minimum absolute atomic E-state index is 0.102. The van der Waals surface area contributed by atoms with Crippen LogP contribution in [-0.4, -0.2) is 27.5 Å². The molecule has 0 fully saturated rings. The van der Waals surface area contributed by atoms with Crippen LogP contribution < -0.4 is 4.74 Å². The van der Waals surface area contributed by atoms with Crippen molar-refractivity contribution < 1.29 is 32.9 Å². The largest absolute Gasteiger partial charge is 0.573 e. The van der Waals surface area contributed by atoms with Crippen LogP contribution in [0.1, 0.15) is 11.3 Å². The zero-order valence-electron chi connectivity index (χ0n) is 8.58. The molecule has 8 heteroatoms. The van der Waals surface area contributed by atoms with Crippen molar-refractivity contribution in [2.24, 2.45) is 0 Å². The van der Waals surface area contributed by atoms with Crippen molar-refractivity contribution in [1.82, 2.24) is 4.98 Å². The summed E-state index contributed by atoms with van der Waals surface area (Å²) in [5.41, 5.74) is -0.265. The number of aliphatic carboxylic acids is 1. The van der Waals surface area contributed by atoms with Gasteiger partial charge in [-0.3, -0.25) is 9.78 Å². The Bertz CT molecular complexity index is 445. The van der Waals surface area contributed by atoms with Gasteiger partial charge in [0.25, 0.3) is 0 Å². The number of hydrogen-bond acceptors (Lipinski definition) is 4. The van der Waals surface area contributed by atoms with Crippen LogP contribution in [0.25, 0.3) is 0 Å². The highest BCUT2D eigenvalue weighted by molar-refractivity contribution is 5.70. The van der Waals surface area contributed by atoms with Gasteiger partial charge in [0.2, 0.25) is 0 Å². The molecule has 0 saturated heterocycles. The SMILES string of the molecule is Cc1c(CC(=O)O)ncc(O)c1OC(F)(F)F. The molecular weight excluding hydrogens is 243 g/mol. The van der Waals surface area contributed by atoms with E-state index >= 15 is 0 Å². The van der Waals surface area contributed by atoms with Crippen LogP contribution in [0.15, 0.2) is 6.20 Å². The van der Waals surface area contributed by atoms with E-state index in [-0.39, 0.29) is 11.3 Å². The predicted molar refractivity (Wildman–Crippen MR) is 48.7 cm³/mol. The van der Waals surface area contributed by atoms with Gasteiger partial charge < -0.3 is 14.9 Å². The van der Waals surface area contributed by atoms with Gasteiger partial charge in [0, 0.05) is 5.56 Å². The quantitative estimate of drug-likeness (QED) is 0.853. The molecule has 5 nitrogen and oxygen atoms in total. The molecule has 0 radical (unpaired) electrons. The molecule has 0 amide bonds. The van der Waals surface area contributed by atoms with Crippen LogP contribution in [-0.2, 0) is 11.2 Å². The van der Waals surface area contributed by atoms with Gasteiger partial charge in [-0.2, -0.15) is 0 Å². The Labute approximate surface area is 93.5 Å². The van der Waals surface area contributed by atoms with Crippen LogP contribution in [0.4, 0.5) is 13.2 Å². The standard InChI is InChI=1S/C9H8F3NO4/c1-4-5(2-7(15)16)13-3-6(14)8(4)17-9(10,11)12/h3,14H,2H2,1H3,(H,15,16). The number of ether oxygens (including phenoxy) is 1. The van der Waals surface area contributed by atoms with E-state index < -0.39 is 30.3 Å². The van der Waals surface area contributed by atoms with Crippen molar-refractivity contribution in [2.45, 2.75) is 19.7 Å². The molecule has 0 saturated carbocycles. The summed E-state index contributed by atoms with van der Waals surface area (Å²) < 4.78 is 39.7.